The number of ether oxygens (including phenoxy) is 1. The molecule has 2 saturated carbocycles. The predicted octanol–water partition coefficient (Wildman–Crippen LogP) is 3.87. The van der Waals surface area contributed by atoms with Crippen LogP contribution in [0.4, 0.5) is 0 Å². The minimum absolute atomic E-state index is 0.0818. The second kappa shape index (κ2) is 19.3. The molecule has 3 aliphatic rings. The topological polar surface area (TPSA) is 176 Å². The Morgan fingerprint density at radius 1 is 1.04 bits per heavy atom. The molecule has 1 aliphatic heterocycles. The zero-order chi connectivity index (χ0) is 39.0. The number of nitrogens with zero attached hydrogens (tertiary/aromatic N) is 3. The summed E-state index contributed by atoms with van der Waals surface area (Å²) in [5.41, 5.74) is 4.14. The first-order valence-corrected chi connectivity index (χ1v) is 20.7. The molecule has 6 rings (SSSR count). The number of amides is 2. The Hall–Kier alpha value is -3.27. The van der Waals surface area contributed by atoms with E-state index < -0.39 is 36.9 Å². The summed E-state index contributed by atoms with van der Waals surface area (Å²) in [6.07, 6.45) is 3.84. The molecule has 2 aromatic carbocycles. The van der Waals surface area contributed by atoms with Gasteiger partial charge in [-0.1, -0.05) is 29.8 Å². The number of para-hydroxylation sites is 1. The second-order valence-corrected chi connectivity index (χ2v) is 16.4. The van der Waals surface area contributed by atoms with Crippen molar-refractivity contribution < 1.29 is 39.9 Å². The smallest absolute Gasteiger partial charge is 0.254 e. The lowest BCUT2D eigenvalue weighted by Gasteiger charge is -2.30. The molecule has 12 nitrogen and oxygen atoms in total. The van der Waals surface area contributed by atoms with Crippen LogP contribution >= 0.6 is 23.4 Å². The zero-order valence-corrected chi connectivity index (χ0v) is 32.6. The lowest BCUT2D eigenvalue weighted by atomic mass is 9.94. The minimum atomic E-state index is -1.99. The highest BCUT2D eigenvalue weighted by molar-refractivity contribution is 7.99. The number of pyridine rings is 1. The maximum absolute atomic E-state index is 13.3. The molecule has 3 aromatic rings. The van der Waals surface area contributed by atoms with Gasteiger partial charge in [0.05, 0.1) is 12.7 Å². The fraction of sp³-hybridized carbons (Fsp3) is 0.537. The van der Waals surface area contributed by atoms with E-state index in [1.807, 2.05) is 42.7 Å². The molecule has 55 heavy (non-hydrogen) atoms. The van der Waals surface area contributed by atoms with Crippen LogP contribution < -0.4 is 10.1 Å². The first kappa shape index (κ1) is 41.4. The van der Waals surface area contributed by atoms with Crippen LogP contribution in [0.1, 0.15) is 68.9 Å². The van der Waals surface area contributed by atoms with Crippen LogP contribution in [0.15, 0.2) is 65.8 Å². The molecule has 2 amide bonds. The number of carbonyl (C=O) groups is 2. The average molecular weight is 797 g/mol. The van der Waals surface area contributed by atoms with Crippen molar-refractivity contribution in [1.82, 2.24) is 20.1 Å². The predicted molar refractivity (Wildman–Crippen MR) is 211 cm³/mol. The highest BCUT2D eigenvalue weighted by Gasteiger charge is 2.46. The van der Waals surface area contributed by atoms with Gasteiger partial charge in [0, 0.05) is 72.6 Å². The van der Waals surface area contributed by atoms with Crippen molar-refractivity contribution in [2.24, 2.45) is 0 Å². The van der Waals surface area contributed by atoms with E-state index in [1.165, 1.54) is 4.90 Å². The summed E-state index contributed by atoms with van der Waals surface area (Å²) in [5, 5.41) is 54.4. The van der Waals surface area contributed by atoms with Gasteiger partial charge < -0.3 is 45.4 Å². The van der Waals surface area contributed by atoms with E-state index in [0.29, 0.717) is 56.6 Å². The van der Waals surface area contributed by atoms with E-state index in [9.17, 15) is 30.0 Å². The number of carbonyl (C=O) groups excluding carboxylic acids is 2. The molecule has 0 bridgehead atoms. The standard InChI is InChI=1S/C41H53ClN4O8S/c42-33-13-12-29(23-27(33)24-44-41(15-16-41)32-25-43-17-14-30(32)31-7-1-2-8-35(31)54-28-10-11-28)55-22-4-3-18-46(21-6-20-45-19-5-9-36(45)49)40(53)39(52)38(51)37(50)34(48)26-47/h1-2,7-8,12-14,17,23,25,28,34,37-39,44,47-48,50-52H,3-6,9-11,15-16,18-22,24,26H2/t34-,37+,38-,39-/m0/s1. The molecule has 0 unspecified atom stereocenters. The molecule has 4 atom stereocenters. The minimum Gasteiger partial charge on any atom is -0.490 e. The van der Waals surface area contributed by atoms with Gasteiger partial charge in [-0.15, -0.1) is 11.8 Å². The van der Waals surface area contributed by atoms with Crippen LogP contribution in [0.25, 0.3) is 11.1 Å². The van der Waals surface area contributed by atoms with Gasteiger partial charge in [0.2, 0.25) is 5.91 Å². The monoisotopic (exact) mass is 796 g/mol. The summed E-state index contributed by atoms with van der Waals surface area (Å²) in [6.45, 7) is 1.44. The fourth-order valence-electron chi connectivity index (χ4n) is 7.05. The number of thioether (sulfide) groups is 1. The van der Waals surface area contributed by atoms with E-state index in [0.717, 1.165) is 77.2 Å². The Kier molecular flexibility index (Phi) is 14.5. The van der Waals surface area contributed by atoms with E-state index in [4.69, 9.17) is 21.4 Å². The molecule has 2 heterocycles. The molecule has 2 aliphatic carbocycles. The van der Waals surface area contributed by atoms with E-state index in [2.05, 4.69) is 28.5 Å². The van der Waals surface area contributed by atoms with Crippen LogP contribution in [0.2, 0.25) is 5.02 Å². The number of benzene rings is 2. The van der Waals surface area contributed by atoms with E-state index >= 15 is 0 Å². The van der Waals surface area contributed by atoms with Gasteiger partial charge in [0.25, 0.3) is 5.91 Å². The number of aromatic nitrogens is 1. The van der Waals surface area contributed by atoms with Crippen molar-refractivity contribution >= 4 is 35.2 Å². The van der Waals surface area contributed by atoms with Crippen molar-refractivity contribution in [2.75, 3.05) is 38.5 Å². The number of unbranched alkanes of at least 4 members (excludes halogenated alkanes) is 1. The van der Waals surface area contributed by atoms with Gasteiger partial charge in [-0.2, -0.15) is 0 Å². The average Bonchev–Trinajstić information content (AvgIpc) is 4.15. The van der Waals surface area contributed by atoms with Gasteiger partial charge in [-0.05, 0) is 104 Å². The lowest BCUT2D eigenvalue weighted by molar-refractivity contribution is -0.158. The fourth-order valence-corrected chi connectivity index (χ4v) is 8.21. The number of nitrogens with one attached hydrogen (secondary N) is 1. The maximum Gasteiger partial charge on any atom is 0.254 e. The number of likely N-dealkylation sites (tertiary alicyclic amines) is 1. The Morgan fingerprint density at radius 3 is 2.55 bits per heavy atom. The summed E-state index contributed by atoms with van der Waals surface area (Å²) >= 11 is 8.39. The van der Waals surface area contributed by atoms with Gasteiger partial charge in [0.15, 0.2) is 6.10 Å². The zero-order valence-electron chi connectivity index (χ0n) is 31.1. The third-order valence-corrected chi connectivity index (χ3v) is 12.1. The summed E-state index contributed by atoms with van der Waals surface area (Å²) < 4.78 is 6.27. The maximum atomic E-state index is 13.3. The second-order valence-electron chi connectivity index (χ2n) is 14.8. The molecule has 0 radical (unpaired) electrons. The Balaban J connectivity index is 1.03. The third kappa shape index (κ3) is 10.8. The van der Waals surface area contributed by atoms with Crippen LogP contribution in [-0.2, 0) is 21.7 Å². The van der Waals surface area contributed by atoms with Gasteiger partial charge in [-0.3, -0.25) is 14.6 Å². The highest BCUT2D eigenvalue weighted by Crippen LogP contribution is 2.50. The van der Waals surface area contributed by atoms with E-state index in [-0.39, 0.29) is 18.0 Å². The molecular weight excluding hydrogens is 744 g/mol. The number of aliphatic hydroxyl groups is 5. The first-order valence-electron chi connectivity index (χ1n) is 19.4. The molecular formula is C41H53ClN4O8S. The van der Waals surface area contributed by atoms with Crippen molar-refractivity contribution in [3.63, 3.8) is 0 Å². The number of rotatable bonds is 22. The summed E-state index contributed by atoms with van der Waals surface area (Å²) in [7, 11) is 0. The van der Waals surface area contributed by atoms with Crippen LogP contribution in [0.3, 0.4) is 0 Å². The molecule has 298 valence electrons. The van der Waals surface area contributed by atoms with Gasteiger partial charge in [-0.25, -0.2) is 0 Å². The normalized spacial score (nSPS) is 18.5. The largest absolute Gasteiger partial charge is 0.490 e. The van der Waals surface area contributed by atoms with Crippen LogP contribution in [0.5, 0.6) is 5.75 Å². The SMILES string of the molecule is O=C1CCCN1CCCN(CCCCSc1ccc(Cl)c(CNC2(c3cnccc3-c3ccccc3OC3CC3)CC2)c1)C(=O)[C@@H](O)[C@@H](O)[C@H](O)[C@@H](O)CO. The number of aliphatic hydroxyl groups excluding tert-OH is 5. The number of hydrogen-bond acceptors (Lipinski definition) is 11. The first-order chi connectivity index (χ1) is 26.6. The number of hydrogen-bond donors (Lipinski definition) is 6. The molecule has 3 fully saturated rings. The molecule has 0 spiro atoms. The van der Waals surface area contributed by atoms with Crippen molar-refractivity contribution in [2.45, 2.75) is 105 Å². The van der Waals surface area contributed by atoms with Crippen molar-refractivity contribution in [1.29, 1.82) is 0 Å². The third-order valence-electron chi connectivity index (χ3n) is 10.7. The van der Waals surface area contributed by atoms with Crippen LogP contribution in [-0.4, -0.2) is 121 Å². The Morgan fingerprint density at radius 2 is 1.82 bits per heavy atom. The summed E-state index contributed by atoms with van der Waals surface area (Å²) in [5.74, 6) is 0.964. The summed E-state index contributed by atoms with van der Waals surface area (Å²) in [6, 6.07) is 16.3. The number of halogens is 1. The van der Waals surface area contributed by atoms with Crippen LogP contribution in [0, 0.1) is 0 Å². The lowest BCUT2D eigenvalue weighted by Crippen LogP contribution is -2.53. The highest BCUT2D eigenvalue weighted by atomic mass is 35.5. The van der Waals surface area contributed by atoms with Crippen molar-refractivity contribution in [3.05, 3.63) is 77.1 Å². The Bertz CT molecular complexity index is 1760. The quantitative estimate of drug-likeness (QED) is 0.0644. The molecule has 6 N–H and O–H groups in total. The van der Waals surface area contributed by atoms with E-state index in [1.54, 1.807) is 16.7 Å². The van der Waals surface area contributed by atoms with Crippen molar-refractivity contribution in [3.8, 4) is 16.9 Å². The molecule has 14 heteroatoms. The van der Waals surface area contributed by atoms with Gasteiger partial charge in [0.1, 0.15) is 24.1 Å². The Labute approximate surface area is 331 Å². The van der Waals surface area contributed by atoms with Gasteiger partial charge >= 0.3 is 0 Å². The molecule has 1 aromatic heterocycles. The molecule has 1 saturated heterocycles. The summed E-state index contributed by atoms with van der Waals surface area (Å²) in [4.78, 5) is 34.1.